The second kappa shape index (κ2) is 8.62. The third-order valence-electron chi connectivity index (χ3n) is 3.52. The first-order chi connectivity index (χ1) is 13.5. The smallest absolute Gasteiger partial charge is 0.328 e. The highest BCUT2D eigenvalue weighted by molar-refractivity contribution is 5.94. The van der Waals surface area contributed by atoms with Crippen LogP contribution in [0.5, 0.6) is 0 Å². The Hall–Kier alpha value is -3.95. The number of nitrogens with one attached hydrogen (secondary N) is 2. The van der Waals surface area contributed by atoms with Crippen molar-refractivity contribution in [3.8, 4) is 0 Å². The topological polar surface area (TPSA) is 145 Å². The molecule has 144 valence electrons. The van der Waals surface area contributed by atoms with Crippen molar-refractivity contribution >= 4 is 29.5 Å². The molecule has 1 aromatic carbocycles. The molecular weight excluding hydrogens is 364 g/mol. The van der Waals surface area contributed by atoms with Crippen molar-refractivity contribution in [3.63, 3.8) is 0 Å². The molecule has 28 heavy (non-hydrogen) atoms. The number of carbonyl (C=O) groups is 2. The van der Waals surface area contributed by atoms with E-state index in [-0.39, 0.29) is 30.1 Å². The average Bonchev–Trinajstić information content (AvgIpc) is 3.21. The number of nitrogens with zero attached hydrogens (tertiary/aromatic N) is 3. The van der Waals surface area contributed by atoms with E-state index < -0.39 is 17.9 Å². The largest absolute Gasteiger partial charge is 0.459 e. The Bertz CT molecular complexity index is 946. The molecule has 0 bridgehead atoms. The Morgan fingerprint density at radius 1 is 1.14 bits per heavy atom. The lowest BCUT2D eigenvalue weighted by atomic mass is 10.3. The molecule has 0 radical (unpaired) electrons. The molecule has 1 unspecified atom stereocenters. The van der Waals surface area contributed by atoms with Gasteiger partial charge in [-0.1, -0.05) is 18.2 Å². The summed E-state index contributed by atoms with van der Waals surface area (Å²) in [5.74, 6) is -0.697. The van der Waals surface area contributed by atoms with E-state index in [0.29, 0.717) is 0 Å². The Labute approximate surface area is 160 Å². The number of anilines is 3. The molecule has 0 spiro atoms. The Morgan fingerprint density at radius 3 is 2.64 bits per heavy atom. The maximum atomic E-state index is 12.1. The third kappa shape index (κ3) is 5.04. The summed E-state index contributed by atoms with van der Waals surface area (Å²) in [7, 11) is 0. The van der Waals surface area contributed by atoms with Crippen LogP contribution in [-0.4, -0.2) is 32.9 Å². The standard InChI is InChI=1S/C18H18N6O4/c1-11(20-15(25)13-8-5-9-27-13)16(26)28-10-14-22-17(19)24-18(23-14)21-12-6-3-2-4-7-12/h2-9,11H,10H2,1H3,(H,20,25)(H3,19,21,22,23,24). The summed E-state index contributed by atoms with van der Waals surface area (Å²) in [5.41, 5.74) is 6.46. The molecule has 0 saturated heterocycles. The zero-order chi connectivity index (χ0) is 19.9. The van der Waals surface area contributed by atoms with Crippen molar-refractivity contribution in [3.05, 3.63) is 60.3 Å². The first-order valence-corrected chi connectivity index (χ1v) is 8.35. The van der Waals surface area contributed by atoms with Crippen LogP contribution >= 0.6 is 0 Å². The molecule has 2 heterocycles. The molecule has 1 atom stereocenters. The molecule has 3 rings (SSSR count). The van der Waals surface area contributed by atoms with E-state index in [4.69, 9.17) is 14.9 Å². The summed E-state index contributed by atoms with van der Waals surface area (Å²) in [6, 6.07) is 11.4. The highest BCUT2D eigenvalue weighted by Crippen LogP contribution is 2.13. The molecule has 4 N–H and O–H groups in total. The van der Waals surface area contributed by atoms with Crippen LogP contribution in [0.2, 0.25) is 0 Å². The second-order valence-corrected chi connectivity index (χ2v) is 5.70. The van der Waals surface area contributed by atoms with Crippen LogP contribution in [0.15, 0.2) is 53.1 Å². The van der Waals surface area contributed by atoms with Crippen molar-refractivity contribution < 1.29 is 18.7 Å². The fourth-order valence-corrected chi connectivity index (χ4v) is 2.20. The summed E-state index contributed by atoms with van der Waals surface area (Å²) in [4.78, 5) is 36.1. The molecule has 0 saturated carbocycles. The number of hydrogen-bond donors (Lipinski definition) is 3. The minimum Gasteiger partial charge on any atom is -0.459 e. The van der Waals surface area contributed by atoms with Gasteiger partial charge in [0.05, 0.1) is 6.26 Å². The predicted molar refractivity (Wildman–Crippen MR) is 99.4 cm³/mol. The van der Waals surface area contributed by atoms with E-state index in [1.807, 2.05) is 30.3 Å². The van der Waals surface area contributed by atoms with Crippen LogP contribution in [0.4, 0.5) is 17.6 Å². The number of hydrogen-bond acceptors (Lipinski definition) is 9. The van der Waals surface area contributed by atoms with Gasteiger partial charge in [-0.15, -0.1) is 0 Å². The van der Waals surface area contributed by atoms with Crippen LogP contribution < -0.4 is 16.4 Å². The fourth-order valence-electron chi connectivity index (χ4n) is 2.20. The number of nitrogen functional groups attached to an aromatic ring is 1. The number of aromatic nitrogens is 3. The second-order valence-electron chi connectivity index (χ2n) is 5.70. The van der Waals surface area contributed by atoms with E-state index in [0.717, 1.165) is 5.69 Å². The minimum atomic E-state index is -0.890. The molecule has 0 fully saturated rings. The highest BCUT2D eigenvalue weighted by Gasteiger charge is 2.20. The number of furan rings is 1. The lowest BCUT2D eigenvalue weighted by molar-refractivity contribution is -0.147. The van der Waals surface area contributed by atoms with Gasteiger partial charge in [0.2, 0.25) is 11.9 Å². The number of amides is 1. The lowest BCUT2D eigenvalue weighted by Crippen LogP contribution is -2.39. The third-order valence-corrected chi connectivity index (χ3v) is 3.52. The lowest BCUT2D eigenvalue weighted by Gasteiger charge is -2.12. The van der Waals surface area contributed by atoms with E-state index in [9.17, 15) is 9.59 Å². The number of nitrogens with two attached hydrogens (primary N) is 1. The fraction of sp³-hybridized carbons (Fsp3) is 0.167. The zero-order valence-electron chi connectivity index (χ0n) is 15.0. The van der Waals surface area contributed by atoms with Crippen molar-refractivity contribution in [2.45, 2.75) is 19.6 Å². The van der Waals surface area contributed by atoms with Crippen molar-refractivity contribution in [1.82, 2.24) is 20.3 Å². The summed E-state index contributed by atoms with van der Waals surface area (Å²) in [6.07, 6.45) is 1.37. The first kappa shape index (κ1) is 18.8. The summed E-state index contributed by atoms with van der Waals surface area (Å²) < 4.78 is 10.1. The van der Waals surface area contributed by atoms with Gasteiger partial charge >= 0.3 is 5.97 Å². The Morgan fingerprint density at radius 2 is 1.93 bits per heavy atom. The van der Waals surface area contributed by atoms with Crippen molar-refractivity contribution in [2.75, 3.05) is 11.1 Å². The van der Waals surface area contributed by atoms with E-state index in [2.05, 4.69) is 25.6 Å². The Balaban J connectivity index is 1.57. The number of ether oxygens (including phenoxy) is 1. The quantitative estimate of drug-likeness (QED) is 0.519. The van der Waals surface area contributed by atoms with Gasteiger partial charge in [0.15, 0.2) is 18.2 Å². The molecular formula is C18H18N6O4. The predicted octanol–water partition coefficient (Wildman–Crippen LogP) is 1.65. The summed E-state index contributed by atoms with van der Waals surface area (Å²) in [6.45, 7) is 1.27. The van der Waals surface area contributed by atoms with Gasteiger partial charge in [-0.3, -0.25) is 4.79 Å². The highest BCUT2D eigenvalue weighted by atomic mass is 16.5. The Kier molecular flexibility index (Phi) is 5.80. The van der Waals surface area contributed by atoms with Gasteiger partial charge in [-0.05, 0) is 31.2 Å². The first-order valence-electron chi connectivity index (χ1n) is 8.35. The van der Waals surface area contributed by atoms with Gasteiger partial charge in [0.1, 0.15) is 6.04 Å². The zero-order valence-corrected chi connectivity index (χ0v) is 15.0. The van der Waals surface area contributed by atoms with Crippen LogP contribution in [0, 0.1) is 0 Å². The van der Waals surface area contributed by atoms with Crippen LogP contribution in [0.3, 0.4) is 0 Å². The molecule has 10 heteroatoms. The summed E-state index contributed by atoms with van der Waals surface area (Å²) in [5, 5.41) is 5.46. The molecule has 3 aromatic rings. The van der Waals surface area contributed by atoms with Crippen LogP contribution in [-0.2, 0) is 16.1 Å². The minimum absolute atomic E-state index is 0.0151. The molecule has 0 aliphatic rings. The van der Waals surface area contributed by atoms with E-state index in [1.165, 1.54) is 19.3 Å². The number of benzene rings is 1. The normalized spacial score (nSPS) is 11.5. The molecule has 0 aliphatic carbocycles. The molecule has 1 amide bonds. The van der Waals surface area contributed by atoms with Crippen LogP contribution in [0.1, 0.15) is 23.3 Å². The van der Waals surface area contributed by atoms with E-state index >= 15 is 0 Å². The molecule has 10 nitrogen and oxygen atoms in total. The average molecular weight is 382 g/mol. The van der Waals surface area contributed by atoms with Crippen molar-refractivity contribution in [2.24, 2.45) is 0 Å². The number of carbonyl (C=O) groups excluding carboxylic acids is 2. The van der Waals surface area contributed by atoms with Gasteiger partial charge in [-0.25, -0.2) is 4.79 Å². The maximum absolute atomic E-state index is 12.1. The molecule has 2 aromatic heterocycles. The monoisotopic (exact) mass is 382 g/mol. The van der Waals surface area contributed by atoms with E-state index in [1.54, 1.807) is 6.07 Å². The number of rotatable bonds is 7. The molecule has 0 aliphatic heterocycles. The SMILES string of the molecule is CC(NC(=O)c1ccco1)C(=O)OCc1nc(N)nc(Nc2ccccc2)n1. The van der Waals surface area contributed by atoms with Crippen molar-refractivity contribution in [1.29, 1.82) is 0 Å². The number of para-hydroxylation sites is 1. The van der Waals surface area contributed by atoms with Gasteiger partial charge in [0.25, 0.3) is 5.91 Å². The summed E-state index contributed by atoms with van der Waals surface area (Å²) >= 11 is 0. The maximum Gasteiger partial charge on any atom is 0.328 e. The van der Waals surface area contributed by atoms with Crippen LogP contribution in [0.25, 0.3) is 0 Å². The van der Waals surface area contributed by atoms with Gasteiger partial charge in [-0.2, -0.15) is 15.0 Å². The van der Waals surface area contributed by atoms with Gasteiger partial charge < -0.3 is 25.5 Å². The number of esters is 1. The van der Waals surface area contributed by atoms with Gasteiger partial charge in [0, 0.05) is 5.69 Å².